The van der Waals surface area contributed by atoms with Crippen molar-refractivity contribution in [1.29, 1.82) is 0 Å². The quantitative estimate of drug-likeness (QED) is 0.755. The van der Waals surface area contributed by atoms with Gasteiger partial charge in [0.1, 0.15) is 0 Å². The van der Waals surface area contributed by atoms with Crippen LogP contribution in [0.3, 0.4) is 0 Å². The largest absolute Gasteiger partial charge is 0.390 e. The van der Waals surface area contributed by atoms with Gasteiger partial charge in [0.25, 0.3) is 0 Å². The summed E-state index contributed by atoms with van der Waals surface area (Å²) in [5.74, 6) is 0.521. The molecule has 2 aliphatic rings. The summed E-state index contributed by atoms with van der Waals surface area (Å²) in [6.45, 7) is 0. The Morgan fingerprint density at radius 2 is 1.79 bits per heavy atom. The van der Waals surface area contributed by atoms with Crippen LogP contribution in [0, 0.1) is 5.92 Å². The molecule has 1 atom stereocenters. The summed E-state index contributed by atoms with van der Waals surface area (Å²) in [7, 11) is 1.77. The monoisotopic (exact) mass is 198 g/mol. The maximum absolute atomic E-state index is 10.3. The summed E-state index contributed by atoms with van der Waals surface area (Å²) in [5.41, 5.74) is -0.191. The molecule has 0 saturated heterocycles. The molecule has 0 aromatic rings. The Kier molecular flexibility index (Phi) is 3.13. The van der Waals surface area contributed by atoms with Crippen molar-refractivity contribution in [3.05, 3.63) is 0 Å². The van der Waals surface area contributed by atoms with Crippen molar-refractivity contribution in [2.45, 2.75) is 63.1 Å². The Morgan fingerprint density at radius 3 is 2.21 bits per heavy atom. The molecule has 0 aliphatic heterocycles. The topological polar surface area (TPSA) is 29.5 Å². The first-order chi connectivity index (χ1) is 6.78. The van der Waals surface area contributed by atoms with E-state index in [4.69, 9.17) is 4.74 Å². The minimum absolute atomic E-state index is 0.191. The first-order valence-corrected chi connectivity index (χ1v) is 6.02. The van der Waals surface area contributed by atoms with Gasteiger partial charge in [0.2, 0.25) is 0 Å². The number of aliphatic hydroxyl groups excluding tert-OH is 1. The van der Waals surface area contributed by atoms with Gasteiger partial charge in [0, 0.05) is 7.11 Å². The molecular formula is C12H22O2. The molecule has 0 amide bonds. The molecule has 82 valence electrons. The van der Waals surface area contributed by atoms with Crippen molar-refractivity contribution in [1.82, 2.24) is 0 Å². The zero-order valence-corrected chi connectivity index (χ0v) is 9.17. The molecule has 0 aromatic heterocycles. The lowest BCUT2D eigenvalue weighted by Crippen LogP contribution is -2.51. The number of ether oxygens (including phenoxy) is 1. The molecule has 2 saturated carbocycles. The maximum atomic E-state index is 10.3. The number of rotatable bonds is 3. The predicted molar refractivity (Wildman–Crippen MR) is 56.2 cm³/mol. The lowest BCUT2D eigenvalue weighted by molar-refractivity contribution is -0.152. The summed E-state index contributed by atoms with van der Waals surface area (Å²) >= 11 is 0. The maximum Gasteiger partial charge on any atom is 0.0939 e. The fourth-order valence-electron chi connectivity index (χ4n) is 2.96. The molecule has 14 heavy (non-hydrogen) atoms. The smallest absolute Gasteiger partial charge is 0.0939 e. The van der Waals surface area contributed by atoms with Gasteiger partial charge in [-0.1, -0.05) is 25.7 Å². The van der Waals surface area contributed by atoms with E-state index in [1.165, 1.54) is 38.5 Å². The molecule has 1 unspecified atom stereocenters. The molecule has 0 spiro atoms. The van der Waals surface area contributed by atoms with Gasteiger partial charge < -0.3 is 9.84 Å². The molecule has 2 rings (SSSR count). The lowest BCUT2D eigenvalue weighted by atomic mass is 9.70. The average molecular weight is 198 g/mol. The predicted octanol–water partition coefficient (Wildman–Crippen LogP) is 2.50. The number of methoxy groups -OCH3 is 1. The Hall–Kier alpha value is -0.0800. The third kappa shape index (κ3) is 1.70. The van der Waals surface area contributed by atoms with E-state index in [0.717, 1.165) is 12.8 Å². The third-order valence-electron chi connectivity index (χ3n) is 4.24. The molecule has 2 fully saturated rings. The molecular weight excluding hydrogens is 176 g/mol. The second kappa shape index (κ2) is 4.19. The van der Waals surface area contributed by atoms with Crippen LogP contribution in [0.1, 0.15) is 51.4 Å². The standard InChI is InChI=1S/C12H22O2/c1-14-12(8-3-2-4-9-12)11(13)10-6-5-7-10/h10-11,13H,2-9H2,1H3. The summed E-state index contributed by atoms with van der Waals surface area (Å²) in [4.78, 5) is 0. The number of aliphatic hydroxyl groups is 1. The molecule has 0 heterocycles. The van der Waals surface area contributed by atoms with Crippen molar-refractivity contribution >= 4 is 0 Å². The molecule has 2 aliphatic carbocycles. The van der Waals surface area contributed by atoms with Crippen LogP contribution < -0.4 is 0 Å². The number of hydrogen-bond acceptors (Lipinski definition) is 2. The van der Waals surface area contributed by atoms with E-state index in [9.17, 15) is 5.11 Å². The molecule has 1 N–H and O–H groups in total. The summed E-state index contributed by atoms with van der Waals surface area (Å²) in [6, 6.07) is 0. The van der Waals surface area contributed by atoms with Crippen molar-refractivity contribution in [2.75, 3.05) is 7.11 Å². The van der Waals surface area contributed by atoms with E-state index < -0.39 is 0 Å². The fraction of sp³-hybridized carbons (Fsp3) is 1.00. The minimum Gasteiger partial charge on any atom is -0.390 e. The van der Waals surface area contributed by atoms with Crippen molar-refractivity contribution in [3.63, 3.8) is 0 Å². The average Bonchev–Trinajstić information content (AvgIpc) is 2.16. The zero-order valence-electron chi connectivity index (χ0n) is 9.17. The van der Waals surface area contributed by atoms with Crippen molar-refractivity contribution in [3.8, 4) is 0 Å². The Morgan fingerprint density at radius 1 is 1.14 bits per heavy atom. The Balaban J connectivity index is 2.01. The molecule has 0 aromatic carbocycles. The van der Waals surface area contributed by atoms with E-state index >= 15 is 0 Å². The highest BCUT2D eigenvalue weighted by molar-refractivity contribution is 4.96. The highest BCUT2D eigenvalue weighted by Crippen LogP contribution is 2.42. The molecule has 0 bridgehead atoms. The van der Waals surface area contributed by atoms with Crippen molar-refractivity contribution in [2.24, 2.45) is 5.92 Å². The molecule has 0 radical (unpaired) electrons. The van der Waals surface area contributed by atoms with E-state index in [0.29, 0.717) is 5.92 Å². The lowest BCUT2D eigenvalue weighted by Gasteiger charge is -2.45. The normalized spacial score (nSPS) is 29.6. The van der Waals surface area contributed by atoms with Crippen molar-refractivity contribution < 1.29 is 9.84 Å². The summed E-state index contributed by atoms with van der Waals surface area (Å²) in [5, 5.41) is 10.3. The molecule has 2 nitrogen and oxygen atoms in total. The van der Waals surface area contributed by atoms with Crippen LogP contribution in [-0.4, -0.2) is 23.9 Å². The highest BCUT2D eigenvalue weighted by atomic mass is 16.5. The highest BCUT2D eigenvalue weighted by Gasteiger charge is 2.44. The first-order valence-electron chi connectivity index (χ1n) is 6.02. The van der Waals surface area contributed by atoms with Crippen LogP contribution in [0.15, 0.2) is 0 Å². The zero-order chi connectivity index (χ0) is 10.0. The van der Waals surface area contributed by atoms with Gasteiger partial charge in [-0.25, -0.2) is 0 Å². The Labute approximate surface area is 86.6 Å². The van der Waals surface area contributed by atoms with E-state index in [2.05, 4.69) is 0 Å². The fourth-order valence-corrected chi connectivity index (χ4v) is 2.96. The van der Waals surface area contributed by atoms with E-state index in [1.54, 1.807) is 7.11 Å². The van der Waals surface area contributed by atoms with Gasteiger partial charge in [-0.3, -0.25) is 0 Å². The second-order valence-electron chi connectivity index (χ2n) is 4.97. The summed E-state index contributed by atoms with van der Waals surface area (Å²) < 4.78 is 5.65. The molecule has 2 heteroatoms. The van der Waals surface area contributed by atoms with Crippen LogP contribution in [-0.2, 0) is 4.74 Å². The van der Waals surface area contributed by atoms with Gasteiger partial charge >= 0.3 is 0 Å². The third-order valence-corrected chi connectivity index (χ3v) is 4.24. The van der Waals surface area contributed by atoms with Crippen LogP contribution >= 0.6 is 0 Å². The van der Waals surface area contributed by atoms with Crippen LogP contribution in [0.25, 0.3) is 0 Å². The van der Waals surface area contributed by atoms with E-state index in [-0.39, 0.29) is 11.7 Å². The van der Waals surface area contributed by atoms with Gasteiger partial charge in [-0.05, 0) is 31.6 Å². The Bertz CT molecular complexity index is 181. The van der Waals surface area contributed by atoms with Gasteiger partial charge in [0.05, 0.1) is 11.7 Å². The van der Waals surface area contributed by atoms with Crippen LogP contribution in [0.5, 0.6) is 0 Å². The minimum atomic E-state index is -0.207. The SMILES string of the molecule is COC1(C(O)C2CCC2)CCCCC1. The van der Waals surface area contributed by atoms with Crippen LogP contribution in [0.4, 0.5) is 0 Å². The van der Waals surface area contributed by atoms with Gasteiger partial charge in [0.15, 0.2) is 0 Å². The van der Waals surface area contributed by atoms with Crippen LogP contribution in [0.2, 0.25) is 0 Å². The number of hydrogen-bond donors (Lipinski definition) is 1. The first kappa shape index (κ1) is 10.4. The van der Waals surface area contributed by atoms with Gasteiger partial charge in [-0.2, -0.15) is 0 Å². The summed E-state index contributed by atoms with van der Waals surface area (Å²) in [6.07, 6.45) is 9.35. The second-order valence-corrected chi connectivity index (χ2v) is 4.97. The van der Waals surface area contributed by atoms with E-state index in [1.807, 2.05) is 0 Å². The van der Waals surface area contributed by atoms with Gasteiger partial charge in [-0.15, -0.1) is 0 Å².